The Hall–Kier alpha value is -1.72. The standard InChI is InChI=1S/C14H15NO3S/c15-6-8-17-12-4-1-3-11(9-12)10-19-14(16)13-5-2-7-18-13/h1-5,7,9H,6,8,10,15H2. The van der Waals surface area contributed by atoms with Crippen LogP contribution in [0.2, 0.25) is 0 Å². The van der Waals surface area contributed by atoms with E-state index in [2.05, 4.69) is 0 Å². The number of nitrogens with two attached hydrogens (primary N) is 1. The lowest BCUT2D eigenvalue weighted by molar-refractivity contribution is 0.106. The number of rotatable bonds is 6. The van der Waals surface area contributed by atoms with Gasteiger partial charge in [-0.1, -0.05) is 23.9 Å². The van der Waals surface area contributed by atoms with Crippen LogP contribution < -0.4 is 10.5 Å². The van der Waals surface area contributed by atoms with Crippen LogP contribution in [0.4, 0.5) is 0 Å². The maximum absolute atomic E-state index is 11.8. The van der Waals surface area contributed by atoms with Crippen molar-refractivity contribution >= 4 is 16.9 Å². The van der Waals surface area contributed by atoms with Crippen LogP contribution in [0.5, 0.6) is 5.75 Å². The Morgan fingerprint density at radius 1 is 1.32 bits per heavy atom. The van der Waals surface area contributed by atoms with Gasteiger partial charge in [0.2, 0.25) is 0 Å². The molecule has 0 radical (unpaired) electrons. The molecule has 1 aromatic carbocycles. The first kappa shape index (κ1) is 13.7. The van der Waals surface area contributed by atoms with Gasteiger partial charge in [0.15, 0.2) is 5.76 Å². The zero-order chi connectivity index (χ0) is 13.5. The summed E-state index contributed by atoms with van der Waals surface area (Å²) in [7, 11) is 0. The highest BCUT2D eigenvalue weighted by Gasteiger charge is 2.09. The molecular weight excluding hydrogens is 262 g/mol. The second-order valence-corrected chi connectivity index (χ2v) is 4.79. The number of thioether (sulfide) groups is 1. The topological polar surface area (TPSA) is 65.5 Å². The quantitative estimate of drug-likeness (QED) is 0.879. The van der Waals surface area contributed by atoms with E-state index in [1.807, 2.05) is 24.3 Å². The zero-order valence-electron chi connectivity index (χ0n) is 10.4. The second kappa shape index (κ2) is 7.01. The minimum atomic E-state index is -0.0710. The molecule has 19 heavy (non-hydrogen) atoms. The number of hydrogen-bond donors (Lipinski definition) is 1. The van der Waals surface area contributed by atoms with E-state index < -0.39 is 0 Å². The third kappa shape index (κ3) is 4.15. The molecule has 1 aromatic heterocycles. The van der Waals surface area contributed by atoms with Gasteiger partial charge in [0.25, 0.3) is 5.12 Å². The van der Waals surface area contributed by atoms with E-state index in [0.29, 0.717) is 24.7 Å². The summed E-state index contributed by atoms with van der Waals surface area (Å²) in [6, 6.07) is 11.0. The summed E-state index contributed by atoms with van der Waals surface area (Å²) in [5.41, 5.74) is 6.41. The van der Waals surface area contributed by atoms with E-state index in [-0.39, 0.29) is 5.12 Å². The van der Waals surface area contributed by atoms with Crippen LogP contribution in [0.25, 0.3) is 0 Å². The average molecular weight is 277 g/mol. The molecule has 1 heterocycles. The molecule has 0 unspecified atom stereocenters. The van der Waals surface area contributed by atoms with Crippen LogP contribution in [0.3, 0.4) is 0 Å². The Bertz CT molecular complexity index is 525. The van der Waals surface area contributed by atoms with E-state index in [4.69, 9.17) is 14.9 Å². The van der Waals surface area contributed by atoms with Crippen molar-refractivity contribution in [3.05, 3.63) is 54.0 Å². The Balaban J connectivity index is 1.90. The van der Waals surface area contributed by atoms with Crippen molar-refractivity contribution in [2.75, 3.05) is 13.2 Å². The van der Waals surface area contributed by atoms with Crippen LogP contribution in [0.15, 0.2) is 47.1 Å². The highest BCUT2D eigenvalue weighted by Crippen LogP contribution is 2.21. The molecule has 0 saturated heterocycles. The molecule has 4 nitrogen and oxygen atoms in total. The molecule has 2 aromatic rings. The fourth-order valence-electron chi connectivity index (χ4n) is 1.52. The van der Waals surface area contributed by atoms with Crippen molar-refractivity contribution in [1.29, 1.82) is 0 Å². The zero-order valence-corrected chi connectivity index (χ0v) is 11.2. The van der Waals surface area contributed by atoms with Gasteiger partial charge in [-0.15, -0.1) is 0 Å². The van der Waals surface area contributed by atoms with Gasteiger partial charge < -0.3 is 14.9 Å². The van der Waals surface area contributed by atoms with E-state index in [1.165, 1.54) is 18.0 Å². The van der Waals surface area contributed by atoms with Crippen LogP contribution in [0.1, 0.15) is 16.1 Å². The van der Waals surface area contributed by atoms with E-state index >= 15 is 0 Å². The van der Waals surface area contributed by atoms with Gasteiger partial charge in [0.05, 0.1) is 6.26 Å². The Morgan fingerprint density at radius 3 is 2.95 bits per heavy atom. The van der Waals surface area contributed by atoms with E-state index in [9.17, 15) is 4.79 Å². The first-order valence-electron chi connectivity index (χ1n) is 5.92. The molecule has 0 aliphatic rings. The van der Waals surface area contributed by atoms with Gasteiger partial charge >= 0.3 is 0 Å². The normalized spacial score (nSPS) is 10.4. The second-order valence-electron chi connectivity index (χ2n) is 3.84. The lowest BCUT2D eigenvalue weighted by Gasteiger charge is -2.06. The van der Waals surface area contributed by atoms with E-state index in [1.54, 1.807) is 12.1 Å². The number of hydrogen-bond acceptors (Lipinski definition) is 5. The van der Waals surface area contributed by atoms with Crippen LogP contribution in [0, 0.1) is 0 Å². The molecule has 0 bridgehead atoms. The van der Waals surface area contributed by atoms with Crippen LogP contribution in [-0.2, 0) is 5.75 Å². The molecule has 0 atom stereocenters. The Morgan fingerprint density at radius 2 is 2.21 bits per heavy atom. The molecule has 0 saturated carbocycles. The smallest absolute Gasteiger partial charge is 0.254 e. The summed E-state index contributed by atoms with van der Waals surface area (Å²) in [5, 5.41) is -0.0710. The fourth-order valence-corrected chi connectivity index (χ4v) is 2.25. The van der Waals surface area contributed by atoms with Crippen molar-refractivity contribution in [3.8, 4) is 5.75 Å². The summed E-state index contributed by atoms with van der Waals surface area (Å²) in [6.07, 6.45) is 1.50. The first-order valence-corrected chi connectivity index (χ1v) is 6.90. The van der Waals surface area contributed by atoms with E-state index in [0.717, 1.165) is 11.3 Å². The van der Waals surface area contributed by atoms with Crippen molar-refractivity contribution in [2.45, 2.75) is 5.75 Å². The molecule has 0 spiro atoms. The number of benzene rings is 1. The van der Waals surface area contributed by atoms with Crippen LogP contribution in [-0.4, -0.2) is 18.3 Å². The predicted molar refractivity (Wildman–Crippen MR) is 75.3 cm³/mol. The third-order valence-electron chi connectivity index (χ3n) is 2.38. The summed E-state index contributed by atoms with van der Waals surface area (Å²) in [5.74, 6) is 1.73. The molecule has 5 heteroatoms. The third-order valence-corrected chi connectivity index (χ3v) is 3.32. The molecule has 0 aliphatic heterocycles. The SMILES string of the molecule is NCCOc1cccc(CSC(=O)c2ccco2)c1. The van der Waals surface area contributed by atoms with Gasteiger partial charge in [-0.05, 0) is 29.8 Å². The largest absolute Gasteiger partial charge is 0.492 e. The maximum Gasteiger partial charge on any atom is 0.254 e. The minimum absolute atomic E-state index is 0.0710. The van der Waals surface area contributed by atoms with Gasteiger partial charge in [-0.3, -0.25) is 4.79 Å². The number of carbonyl (C=O) groups is 1. The number of carbonyl (C=O) groups excluding carboxylic acids is 1. The van der Waals surface area contributed by atoms with Gasteiger partial charge in [-0.2, -0.15) is 0 Å². The minimum Gasteiger partial charge on any atom is -0.492 e. The fraction of sp³-hybridized carbons (Fsp3) is 0.214. The highest BCUT2D eigenvalue weighted by molar-refractivity contribution is 8.13. The summed E-state index contributed by atoms with van der Waals surface area (Å²) in [6.45, 7) is 0.970. The summed E-state index contributed by atoms with van der Waals surface area (Å²) < 4.78 is 10.5. The molecule has 0 fully saturated rings. The van der Waals surface area contributed by atoms with Gasteiger partial charge in [-0.25, -0.2) is 0 Å². The molecule has 100 valence electrons. The van der Waals surface area contributed by atoms with Crippen molar-refractivity contribution in [1.82, 2.24) is 0 Å². The summed E-state index contributed by atoms with van der Waals surface area (Å²) in [4.78, 5) is 11.8. The highest BCUT2D eigenvalue weighted by atomic mass is 32.2. The van der Waals surface area contributed by atoms with Gasteiger partial charge in [0, 0.05) is 12.3 Å². The molecule has 2 rings (SSSR count). The van der Waals surface area contributed by atoms with Crippen molar-refractivity contribution in [3.63, 3.8) is 0 Å². The van der Waals surface area contributed by atoms with Gasteiger partial charge in [0.1, 0.15) is 12.4 Å². The maximum atomic E-state index is 11.8. The van der Waals surface area contributed by atoms with Crippen molar-refractivity contribution < 1.29 is 13.9 Å². The lowest BCUT2D eigenvalue weighted by atomic mass is 10.2. The Labute approximate surface area is 115 Å². The molecule has 0 amide bonds. The lowest BCUT2D eigenvalue weighted by Crippen LogP contribution is -2.10. The molecular formula is C14H15NO3S. The molecule has 2 N–H and O–H groups in total. The monoisotopic (exact) mass is 277 g/mol. The van der Waals surface area contributed by atoms with Crippen LogP contribution >= 0.6 is 11.8 Å². The average Bonchev–Trinajstić information content (AvgIpc) is 2.97. The number of ether oxygens (including phenoxy) is 1. The molecule has 0 aliphatic carbocycles. The first-order chi connectivity index (χ1) is 9.29. The number of furan rings is 1. The van der Waals surface area contributed by atoms with Crippen molar-refractivity contribution in [2.24, 2.45) is 5.73 Å². The summed E-state index contributed by atoms with van der Waals surface area (Å²) >= 11 is 1.21. The predicted octanol–water partition coefficient (Wildman–Crippen LogP) is 2.69. The Kier molecular flexibility index (Phi) is 5.06.